The topological polar surface area (TPSA) is 103 Å². The zero-order chi connectivity index (χ0) is 27.5. The van der Waals surface area contributed by atoms with Crippen LogP contribution in [0.25, 0.3) is 0 Å². The van der Waals surface area contributed by atoms with Crippen molar-refractivity contribution in [1.82, 2.24) is 5.43 Å². The van der Waals surface area contributed by atoms with Crippen molar-refractivity contribution in [3.05, 3.63) is 89.0 Å². The largest absolute Gasteiger partial charge is 0.497 e. The second-order valence-electron chi connectivity index (χ2n) is 8.73. The van der Waals surface area contributed by atoms with Gasteiger partial charge in [-0.2, -0.15) is 28.6 Å². The van der Waals surface area contributed by atoms with E-state index in [1.54, 1.807) is 37.2 Å². The Balaban J connectivity index is 1.53. The molecule has 0 saturated carbocycles. The summed E-state index contributed by atoms with van der Waals surface area (Å²) in [5, 5.41) is 16.1. The van der Waals surface area contributed by atoms with Crippen molar-refractivity contribution >= 4 is 52.9 Å². The number of aliphatic hydroxyl groups is 1. The fraction of sp³-hybridized carbons (Fsp3) is 0.276. The van der Waals surface area contributed by atoms with E-state index in [4.69, 9.17) is 9.84 Å². The maximum absolute atomic E-state index is 13.3. The van der Waals surface area contributed by atoms with Gasteiger partial charge < -0.3 is 20.1 Å². The molecule has 39 heavy (non-hydrogen) atoms. The van der Waals surface area contributed by atoms with Crippen molar-refractivity contribution in [2.45, 2.75) is 5.75 Å². The molecule has 204 valence electrons. The number of hydrogen-bond donors (Lipinski definition) is 3. The molecule has 3 aromatic rings. The summed E-state index contributed by atoms with van der Waals surface area (Å²) in [7, 11) is 1.60. The van der Waals surface area contributed by atoms with Gasteiger partial charge in [0.1, 0.15) is 5.75 Å². The molecule has 1 aliphatic heterocycles. The van der Waals surface area contributed by atoms with Crippen LogP contribution in [0.15, 0.2) is 71.8 Å². The molecule has 3 aromatic carbocycles. The molecule has 0 atom stereocenters. The minimum Gasteiger partial charge on any atom is -0.497 e. The first-order valence-electron chi connectivity index (χ1n) is 12.6. The summed E-state index contributed by atoms with van der Waals surface area (Å²) in [5.41, 5.74) is 6.57. The normalized spacial score (nSPS) is 13.3. The molecule has 4 rings (SSSR count). The van der Waals surface area contributed by atoms with Gasteiger partial charge in [-0.15, -0.1) is 0 Å². The van der Waals surface area contributed by atoms with Crippen molar-refractivity contribution in [2.24, 2.45) is 5.10 Å². The standard InChI is InChI=1S/C29H32N4O4S2/c1-37-25-8-5-21(6-9-25)19-30-32-29(36)26-18-24(33-11-14-38-15-12-33)7-10-27(26)31-28(35)23-4-2-3-22(17-23)20-39-16-13-34/h2-10,17-19,34H,11-16,20H2,1H3,(H,31,35)(H,32,36)/b30-19+. The van der Waals surface area contributed by atoms with Crippen molar-refractivity contribution in [3.8, 4) is 5.75 Å². The molecule has 1 saturated heterocycles. The van der Waals surface area contributed by atoms with E-state index in [0.29, 0.717) is 28.3 Å². The number of amides is 2. The number of rotatable bonds is 11. The van der Waals surface area contributed by atoms with Gasteiger partial charge in [0.2, 0.25) is 0 Å². The van der Waals surface area contributed by atoms with E-state index in [0.717, 1.165) is 47.2 Å². The monoisotopic (exact) mass is 564 g/mol. The van der Waals surface area contributed by atoms with Crippen LogP contribution in [0.5, 0.6) is 5.75 Å². The number of carbonyl (C=O) groups excluding carboxylic acids is 2. The van der Waals surface area contributed by atoms with Crippen LogP contribution in [0.4, 0.5) is 11.4 Å². The molecule has 0 unspecified atom stereocenters. The van der Waals surface area contributed by atoms with Crippen LogP contribution < -0.4 is 20.4 Å². The average Bonchev–Trinajstić information content (AvgIpc) is 2.98. The molecular formula is C29H32N4O4S2. The van der Waals surface area contributed by atoms with Gasteiger partial charge in [-0.3, -0.25) is 9.59 Å². The highest BCUT2D eigenvalue weighted by molar-refractivity contribution is 7.99. The summed E-state index contributed by atoms with van der Waals surface area (Å²) in [6, 6.07) is 20.2. The fourth-order valence-electron chi connectivity index (χ4n) is 4.01. The number of hydrogen-bond acceptors (Lipinski definition) is 8. The summed E-state index contributed by atoms with van der Waals surface area (Å²) in [6.07, 6.45) is 1.56. The Bertz CT molecular complexity index is 1290. The fourth-order valence-corrected chi connectivity index (χ4v) is 5.61. The van der Waals surface area contributed by atoms with Crippen LogP contribution >= 0.6 is 23.5 Å². The Morgan fingerprint density at radius 3 is 2.62 bits per heavy atom. The van der Waals surface area contributed by atoms with Crippen LogP contribution in [-0.2, 0) is 5.75 Å². The number of anilines is 2. The van der Waals surface area contributed by atoms with E-state index in [9.17, 15) is 9.59 Å². The predicted octanol–water partition coefficient (Wildman–Crippen LogP) is 4.49. The maximum Gasteiger partial charge on any atom is 0.273 e. The van der Waals surface area contributed by atoms with Crippen LogP contribution in [-0.4, -0.2) is 67.2 Å². The quantitative estimate of drug-likeness (QED) is 0.179. The molecule has 10 heteroatoms. The zero-order valence-electron chi connectivity index (χ0n) is 21.8. The van der Waals surface area contributed by atoms with Gasteiger partial charge in [-0.05, 0) is 65.7 Å². The van der Waals surface area contributed by atoms with Crippen molar-refractivity contribution in [3.63, 3.8) is 0 Å². The Morgan fingerprint density at radius 2 is 1.87 bits per heavy atom. The number of nitrogens with one attached hydrogen (secondary N) is 2. The summed E-state index contributed by atoms with van der Waals surface area (Å²) in [4.78, 5) is 28.7. The number of aliphatic hydroxyl groups excluding tert-OH is 1. The van der Waals surface area contributed by atoms with Gasteiger partial charge in [-0.1, -0.05) is 12.1 Å². The van der Waals surface area contributed by atoms with E-state index in [2.05, 4.69) is 20.7 Å². The van der Waals surface area contributed by atoms with E-state index in [1.807, 2.05) is 66.4 Å². The first kappa shape index (κ1) is 28.5. The lowest BCUT2D eigenvalue weighted by atomic mass is 10.1. The number of carbonyl (C=O) groups is 2. The van der Waals surface area contributed by atoms with Gasteiger partial charge in [0, 0.05) is 47.4 Å². The first-order valence-corrected chi connectivity index (χ1v) is 14.9. The summed E-state index contributed by atoms with van der Waals surface area (Å²) in [6.45, 7) is 1.91. The highest BCUT2D eigenvalue weighted by atomic mass is 32.2. The highest BCUT2D eigenvalue weighted by Crippen LogP contribution is 2.26. The molecule has 0 radical (unpaired) electrons. The number of benzene rings is 3. The summed E-state index contributed by atoms with van der Waals surface area (Å²) < 4.78 is 5.17. The van der Waals surface area contributed by atoms with Gasteiger partial charge in [0.15, 0.2) is 0 Å². The molecule has 0 aromatic heterocycles. The first-order chi connectivity index (χ1) is 19.1. The van der Waals surface area contributed by atoms with E-state index < -0.39 is 5.91 Å². The molecule has 8 nitrogen and oxygen atoms in total. The highest BCUT2D eigenvalue weighted by Gasteiger charge is 2.19. The maximum atomic E-state index is 13.3. The Morgan fingerprint density at radius 1 is 1.08 bits per heavy atom. The number of methoxy groups -OCH3 is 1. The van der Waals surface area contributed by atoms with Crippen molar-refractivity contribution in [1.29, 1.82) is 0 Å². The van der Waals surface area contributed by atoms with E-state index in [1.165, 1.54) is 0 Å². The lowest BCUT2D eigenvalue weighted by Gasteiger charge is -2.29. The van der Waals surface area contributed by atoms with Crippen molar-refractivity contribution in [2.75, 3.05) is 54.3 Å². The molecule has 0 aliphatic carbocycles. The van der Waals surface area contributed by atoms with Crippen LogP contribution in [0.2, 0.25) is 0 Å². The van der Waals surface area contributed by atoms with Gasteiger partial charge in [0.25, 0.3) is 11.8 Å². The Labute approximate surface area is 237 Å². The van der Waals surface area contributed by atoms with Gasteiger partial charge in [-0.25, -0.2) is 5.43 Å². The molecule has 1 heterocycles. The number of ether oxygens (including phenoxy) is 1. The van der Waals surface area contributed by atoms with Crippen LogP contribution in [0, 0.1) is 0 Å². The summed E-state index contributed by atoms with van der Waals surface area (Å²) in [5.74, 6) is 3.40. The SMILES string of the molecule is COc1ccc(/C=N/NC(=O)c2cc(N3CCSCC3)ccc2NC(=O)c2cccc(CSCCO)c2)cc1. The Kier molecular flexibility index (Phi) is 10.7. The second-order valence-corrected chi connectivity index (χ2v) is 11.1. The molecule has 1 aliphatic rings. The molecule has 2 amide bonds. The molecule has 0 bridgehead atoms. The lowest BCUT2D eigenvalue weighted by Crippen LogP contribution is -2.32. The third-order valence-corrected chi connectivity index (χ3v) is 8.01. The predicted molar refractivity (Wildman–Crippen MR) is 162 cm³/mol. The third-order valence-electron chi connectivity index (χ3n) is 6.06. The third kappa shape index (κ3) is 8.26. The van der Waals surface area contributed by atoms with E-state index >= 15 is 0 Å². The number of hydrazone groups is 1. The van der Waals surface area contributed by atoms with E-state index in [-0.39, 0.29) is 12.5 Å². The molecule has 3 N–H and O–H groups in total. The van der Waals surface area contributed by atoms with Gasteiger partial charge in [0.05, 0.1) is 31.2 Å². The molecular weight excluding hydrogens is 532 g/mol. The lowest BCUT2D eigenvalue weighted by molar-refractivity contribution is 0.0956. The molecule has 0 spiro atoms. The minimum atomic E-state index is -0.419. The number of nitrogens with zero attached hydrogens (tertiary/aromatic N) is 2. The zero-order valence-corrected chi connectivity index (χ0v) is 23.4. The summed E-state index contributed by atoms with van der Waals surface area (Å²) >= 11 is 3.51. The minimum absolute atomic E-state index is 0.117. The van der Waals surface area contributed by atoms with Crippen LogP contribution in [0.3, 0.4) is 0 Å². The van der Waals surface area contributed by atoms with Crippen LogP contribution in [0.1, 0.15) is 31.8 Å². The smallest absolute Gasteiger partial charge is 0.273 e. The van der Waals surface area contributed by atoms with Gasteiger partial charge >= 0.3 is 0 Å². The Hall–Kier alpha value is -3.47. The second kappa shape index (κ2) is 14.6. The average molecular weight is 565 g/mol. The number of thioether (sulfide) groups is 2. The van der Waals surface area contributed by atoms with Crippen molar-refractivity contribution < 1.29 is 19.4 Å². The molecule has 1 fully saturated rings.